The van der Waals surface area contributed by atoms with E-state index in [1.165, 1.54) is 18.3 Å². The van der Waals surface area contributed by atoms with Crippen LogP contribution in [0.15, 0.2) is 102 Å². The maximum absolute atomic E-state index is 13.7. The van der Waals surface area contributed by atoms with E-state index in [0.29, 0.717) is 39.6 Å². The standard InChI is InChI=1S/C27H22FN5O2/c1-17-23(27(35)32-21-10-6-3-7-11-21)24(18-12-14-19(28)15-13-18)33-25(30-17)22(16-29-33)26(34)31-20-8-4-2-5-9-20/h2-16,24,30H,1H3,(H,31,34)(H,32,35)/t24-/m0/s1. The number of allylic oxidation sites excluding steroid dienone is 1. The van der Waals surface area contributed by atoms with Gasteiger partial charge < -0.3 is 16.0 Å². The third kappa shape index (κ3) is 4.41. The molecule has 2 amide bonds. The summed E-state index contributed by atoms with van der Waals surface area (Å²) in [5, 5.41) is 13.4. The number of aromatic nitrogens is 2. The summed E-state index contributed by atoms with van der Waals surface area (Å²) in [4.78, 5) is 26.5. The van der Waals surface area contributed by atoms with Crippen molar-refractivity contribution >= 4 is 29.0 Å². The van der Waals surface area contributed by atoms with Crippen molar-refractivity contribution in [2.75, 3.05) is 16.0 Å². The number of amides is 2. The zero-order chi connectivity index (χ0) is 24.4. The summed E-state index contributed by atoms with van der Waals surface area (Å²) < 4.78 is 15.3. The van der Waals surface area contributed by atoms with Crippen LogP contribution in [0, 0.1) is 5.82 Å². The minimum Gasteiger partial charge on any atom is -0.343 e. The number of carbonyl (C=O) groups excluding carboxylic acids is 2. The van der Waals surface area contributed by atoms with Crippen LogP contribution in [0.5, 0.6) is 0 Å². The van der Waals surface area contributed by atoms with E-state index in [-0.39, 0.29) is 17.6 Å². The number of anilines is 3. The molecule has 5 rings (SSSR count). The molecule has 0 fully saturated rings. The van der Waals surface area contributed by atoms with Gasteiger partial charge in [0.25, 0.3) is 11.8 Å². The van der Waals surface area contributed by atoms with Crippen LogP contribution >= 0.6 is 0 Å². The third-order valence-corrected chi connectivity index (χ3v) is 5.76. The zero-order valence-corrected chi connectivity index (χ0v) is 18.8. The second kappa shape index (κ2) is 9.26. The molecule has 0 radical (unpaired) electrons. The van der Waals surface area contributed by atoms with Crippen LogP contribution < -0.4 is 16.0 Å². The van der Waals surface area contributed by atoms with Gasteiger partial charge in [0.05, 0.1) is 11.8 Å². The molecule has 0 aliphatic carbocycles. The van der Waals surface area contributed by atoms with Crippen LogP contribution in [-0.2, 0) is 4.79 Å². The Hall–Kier alpha value is -4.72. The van der Waals surface area contributed by atoms with Crippen molar-refractivity contribution in [2.24, 2.45) is 0 Å². The Morgan fingerprint density at radius 2 is 1.43 bits per heavy atom. The first kappa shape index (κ1) is 22.1. The van der Waals surface area contributed by atoms with Crippen LogP contribution in [-0.4, -0.2) is 21.6 Å². The smallest absolute Gasteiger partial charge is 0.261 e. The molecule has 0 bridgehead atoms. The molecular weight excluding hydrogens is 445 g/mol. The van der Waals surface area contributed by atoms with Gasteiger partial charge in [-0.1, -0.05) is 48.5 Å². The van der Waals surface area contributed by atoms with Crippen molar-refractivity contribution in [2.45, 2.75) is 13.0 Å². The van der Waals surface area contributed by atoms with Gasteiger partial charge in [0.1, 0.15) is 23.2 Å². The lowest BCUT2D eigenvalue weighted by molar-refractivity contribution is -0.113. The highest BCUT2D eigenvalue weighted by molar-refractivity contribution is 6.09. The first-order valence-corrected chi connectivity index (χ1v) is 11.0. The summed E-state index contributed by atoms with van der Waals surface area (Å²) in [7, 11) is 0. The minimum absolute atomic E-state index is 0.322. The average molecular weight is 468 g/mol. The van der Waals surface area contributed by atoms with Crippen LogP contribution in [0.3, 0.4) is 0 Å². The van der Waals surface area contributed by atoms with Crippen LogP contribution in [0.2, 0.25) is 0 Å². The molecule has 8 heteroatoms. The van der Waals surface area contributed by atoms with Gasteiger partial charge in [-0.05, 0) is 48.9 Å². The monoisotopic (exact) mass is 467 g/mol. The second-order valence-electron chi connectivity index (χ2n) is 8.11. The van der Waals surface area contributed by atoms with Gasteiger partial charge in [0.2, 0.25) is 0 Å². The number of nitrogens with zero attached hydrogens (tertiary/aromatic N) is 2. The number of hydrogen-bond acceptors (Lipinski definition) is 4. The third-order valence-electron chi connectivity index (χ3n) is 5.76. The maximum atomic E-state index is 13.7. The Morgan fingerprint density at radius 1 is 0.857 bits per heavy atom. The van der Waals surface area contributed by atoms with E-state index in [2.05, 4.69) is 21.0 Å². The number of rotatable bonds is 5. The predicted octanol–water partition coefficient (Wildman–Crippen LogP) is 5.20. The molecule has 35 heavy (non-hydrogen) atoms. The van der Waals surface area contributed by atoms with E-state index in [1.807, 2.05) is 36.4 Å². The van der Waals surface area contributed by atoms with Gasteiger partial charge in [-0.15, -0.1) is 0 Å². The van der Waals surface area contributed by atoms with E-state index in [9.17, 15) is 14.0 Å². The summed E-state index contributed by atoms with van der Waals surface area (Å²) >= 11 is 0. The van der Waals surface area contributed by atoms with Crippen molar-refractivity contribution in [1.82, 2.24) is 9.78 Å². The molecule has 2 heterocycles. The average Bonchev–Trinajstić information content (AvgIpc) is 3.28. The first-order valence-electron chi connectivity index (χ1n) is 11.0. The SMILES string of the molecule is CC1=C(C(=O)Nc2ccccc2)[C@H](c2ccc(F)cc2)n2ncc(C(=O)Nc3ccccc3)c2N1. The molecular formula is C27H22FN5O2. The second-order valence-corrected chi connectivity index (χ2v) is 8.11. The van der Waals surface area contributed by atoms with Gasteiger partial charge >= 0.3 is 0 Å². The van der Waals surface area contributed by atoms with Crippen molar-refractivity contribution in [3.63, 3.8) is 0 Å². The van der Waals surface area contributed by atoms with Crippen molar-refractivity contribution in [3.05, 3.63) is 119 Å². The number of carbonyl (C=O) groups is 2. The molecule has 0 saturated carbocycles. The van der Waals surface area contributed by atoms with Gasteiger partial charge in [0, 0.05) is 17.1 Å². The van der Waals surface area contributed by atoms with Gasteiger partial charge in [0.15, 0.2) is 0 Å². The summed E-state index contributed by atoms with van der Waals surface area (Å²) in [5.41, 5.74) is 3.25. The Morgan fingerprint density at radius 3 is 2.03 bits per heavy atom. The number of fused-ring (bicyclic) bond motifs is 1. The van der Waals surface area contributed by atoms with Gasteiger partial charge in [-0.3, -0.25) is 9.59 Å². The molecule has 3 N–H and O–H groups in total. The topological polar surface area (TPSA) is 88.0 Å². The Kier molecular flexibility index (Phi) is 5.85. The predicted molar refractivity (Wildman–Crippen MR) is 133 cm³/mol. The Bertz CT molecular complexity index is 1410. The summed E-state index contributed by atoms with van der Waals surface area (Å²) in [6.07, 6.45) is 1.46. The number of para-hydroxylation sites is 2. The number of halogens is 1. The van der Waals surface area contributed by atoms with Crippen LogP contribution in [0.25, 0.3) is 0 Å². The van der Waals surface area contributed by atoms with Crippen LogP contribution in [0.4, 0.5) is 21.6 Å². The fourth-order valence-electron chi connectivity index (χ4n) is 4.11. The molecule has 7 nitrogen and oxygen atoms in total. The van der Waals surface area contributed by atoms with E-state index in [0.717, 1.165) is 0 Å². The molecule has 0 unspecified atom stereocenters. The van der Waals surface area contributed by atoms with E-state index < -0.39 is 6.04 Å². The quantitative estimate of drug-likeness (QED) is 0.376. The normalized spacial score (nSPS) is 14.6. The molecule has 174 valence electrons. The van der Waals surface area contributed by atoms with Crippen LogP contribution in [0.1, 0.15) is 28.9 Å². The largest absolute Gasteiger partial charge is 0.343 e. The Balaban J connectivity index is 1.55. The first-order chi connectivity index (χ1) is 17.0. The molecule has 1 aromatic heterocycles. The fraction of sp³-hybridized carbons (Fsp3) is 0.0741. The number of hydrogen-bond donors (Lipinski definition) is 3. The highest BCUT2D eigenvalue weighted by Gasteiger charge is 2.35. The molecule has 0 spiro atoms. The lowest BCUT2D eigenvalue weighted by atomic mass is 9.94. The van der Waals surface area contributed by atoms with E-state index in [4.69, 9.17) is 0 Å². The summed E-state index contributed by atoms with van der Waals surface area (Å²) in [5.74, 6) is -0.608. The van der Waals surface area contributed by atoms with E-state index >= 15 is 0 Å². The molecule has 1 aliphatic heterocycles. The van der Waals surface area contributed by atoms with Gasteiger partial charge in [-0.25, -0.2) is 9.07 Å². The zero-order valence-electron chi connectivity index (χ0n) is 18.8. The molecule has 0 saturated heterocycles. The molecule has 1 aliphatic rings. The van der Waals surface area contributed by atoms with Crippen molar-refractivity contribution in [3.8, 4) is 0 Å². The van der Waals surface area contributed by atoms with E-state index in [1.54, 1.807) is 48.0 Å². The lowest BCUT2D eigenvalue weighted by Gasteiger charge is -2.30. The Labute approximate surface area is 201 Å². The highest BCUT2D eigenvalue weighted by atomic mass is 19.1. The van der Waals surface area contributed by atoms with Crippen molar-refractivity contribution < 1.29 is 14.0 Å². The fourth-order valence-corrected chi connectivity index (χ4v) is 4.11. The number of benzene rings is 3. The molecule has 1 atom stereocenters. The molecule has 3 aromatic carbocycles. The lowest BCUT2D eigenvalue weighted by Crippen LogP contribution is -2.32. The number of nitrogens with one attached hydrogen (secondary N) is 3. The maximum Gasteiger partial charge on any atom is 0.261 e. The van der Waals surface area contributed by atoms with Gasteiger partial charge in [-0.2, -0.15) is 5.10 Å². The highest BCUT2D eigenvalue weighted by Crippen LogP contribution is 2.38. The molecule has 4 aromatic rings. The minimum atomic E-state index is -0.672. The van der Waals surface area contributed by atoms with Crippen molar-refractivity contribution in [1.29, 1.82) is 0 Å². The summed E-state index contributed by atoms with van der Waals surface area (Å²) in [6, 6.07) is 23.5. The summed E-state index contributed by atoms with van der Waals surface area (Å²) in [6.45, 7) is 1.77.